The van der Waals surface area contributed by atoms with Crippen LogP contribution in [0.15, 0.2) is 32.4 Å². The lowest BCUT2D eigenvalue weighted by molar-refractivity contribution is -0.0845. The first-order valence-electron chi connectivity index (χ1n) is 9.76. The zero-order valence-corrected chi connectivity index (χ0v) is 15.5. The molecular formula is C19H22N4O5. The van der Waals surface area contributed by atoms with Crippen LogP contribution >= 0.6 is 0 Å². The number of likely N-dealkylation sites (tertiary alicyclic amines) is 1. The summed E-state index contributed by atoms with van der Waals surface area (Å²) in [6.07, 6.45) is 5.92. The normalized spacial score (nSPS) is 24.8. The van der Waals surface area contributed by atoms with Crippen molar-refractivity contribution < 1.29 is 13.9 Å². The maximum Gasteiger partial charge on any atom is 0.332 e. The minimum absolute atomic E-state index is 0.00914. The topological polar surface area (TPSA) is 99.6 Å². The highest BCUT2D eigenvalue weighted by atomic mass is 16.5. The predicted molar refractivity (Wildman–Crippen MR) is 97.0 cm³/mol. The van der Waals surface area contributed by atoms with E-state index in [4.69, 9.17) is 9.15 Å². The third-order valence-electron chi connectivity index (χ3n) is 6.13. The van der Waals surface area contributed by atoms with Crippen molar-refractivity contribution in [3.63, 3.8) is 0 Å². The minimum Gasteiger partial charge on any atom is -0.459 e. The molecule has 1 aliphatic carbocycles. The van der Waals surface area contributed by atoms with Crippen molar-refractivity contribution in [1.29, 1.82) is 0 Å². The predicted octanol–water partition coefficient (Wildman–Crippen LogP) is 0.928. The second-order valence-electron chi connectivity index (χ2n) is 7.92. The Bertz CT molecular complexity index is 1020. The number of ether oxygens (including phenoxy) is 1. The smallest absolute Gasteiger partial charge is 0.332 e. The molecule has 0 bridgehead atoms. The molecule has 28 heavy (non-hydrogen) atoms. The zero-order valence-electron chi connectivity index (χ0n) is 15.5. The number of furan rings is 1. The Morgan fingerprint density at radius 1 is 1.18 bits per heavy atom. The van der Waals surface area contributed by atoms with Crippen LogP contribution in [0.5, 0.6) is 0 Å². The van der Waals surface area contributed by atoms with Crippen molar-refractivity contribution >= 4 is 5.91 Å². The summed E-state index contributed by atoms with van der Waals surface area (Å²) in [5.41, 5.74) is -1.78. The minimum atomic E-state index is -0.674. The van der Waals surface area contributed by atoms with Crippen molar-refractivity contribution in [2.75, 3.05) is 13.1 Å². The number of carbonyl (C=O) groups is 1. The van der Waals surface area contributed by atoms with Crippen molar-refractivity contribution in [2.24, 2.45) is 0 Å². The standard InChI is InChI=1S/C19H22N4O5/c24-16(14-6-3-9-27-14)21-8-7-19(11-21)12-22-15(10-28-19)20-23(18(26)17(22)25)13-4-1-2-5-13/h3,6,9,13H,1-2,4-5,7-8,10-12H2/t19-/m1/s1. The molecule has 1 spiro atoms. The van der Waals surface area contributed by atoms with Gasteiger partial charge in [0.05, 0.1) is 25.4 Å². The molecule has 4 heterocycles. The van der Waals surface area contributed by atoms with E-state index < -0.39 is 16.7 Å². The number of amides is 1. The van der Waals surface area contributed by atoms with Crippen LogP contribution in [0.4, 0.5) is 0 Å². The van der Waals surface area contributed by atoms with Gasteiger partial charge < -0.3 is 14.1 Å². The van der Waals surface area contributed by atoms with E-state index >= 15 is 0 Å². The van der Waals surface area contributed by atoms with Gasteiger partial charge in [0.1, 0.15) is 12.2 Å². The molecule has 1 atom stereocenters. The molecule has 1 amide bonds. The van der Waals surface area contributed by atoms with Gasteiger partial charge in [-0.05, 0) is 31.4 Å². The maximum absolute atomic E-state index is 12.8. The maximum atomic E-state index is 12.8. The Balaban J connectivity index is 1.41. The molecule has 2 aromatic rings. The van der Waals surface area contributed by atoms with Gasteiger partial charge in [-0.1, -0.05) is 12.8 Å². The van der Waals surface area contributed by atoms with E-state index in [-0.39, 0.29) is 30.9 Å². The van der Waals surface area contributed by atoms with Crippen molar-refractivity contribution in [3.8, 4) is 0 Å². The molecule has 0 N–H and O–H groups in total. The first-order chi connectivity index (χ1) is 13.6. The number of hydrogen-bond donors (Lipinski definition) is 0. The highest BCUT2D eigenvalue weighted by molar-refractivity contribution is 5.91. The van der Waals surface area contributed by atoms with Gasteiger partial charge in [-0.15, -0.1) is 0 Å². The molecule has 0 unspecified atom stereocenters. The first-order valence-corrected chi connectivity index (χ1v) is 9.76. The van der Waals surface area contributed by atoms with Crippen molar-refractivity contribution in [2.45, 2.75) is 56.9 Å². The lowest BCUT2D eigenvalue weighted by Gasteiger charge is -2.35. The Hall–Kier alpha value is -2.68. The van der Waals surface area contributed by atoms with E-state index in [2.05, 4.69) is 5.10 Å². The van der Waals surface area contributed by atoms with E-state index in [9.17, 15) is 14.4 Å². The van der Waals surface area contributed by atoms with Gasteiger partial charge in [0.25, 0.3) is 5.91 Å². The van der Waals surface area contributed by atoms with Crippen LogP contribution in [0.1, 0.15) is 54.5 Å². The SMILES string of the molecule is O=C(c1ccco1)N1CC[C@@]2(C1)Cn1c(nn(C3CCCC3)c(=O)c1=O)CO2. The van der Waals surface area contributed by atoms with Gasteiger partial charge in [-0.2, -0.15) is 5.10 Å². The summed E-state index contributed by atoms with van der Waals surface area (Å²) in [6, 6.07) is 3.31. The van der Waals surface area contributed by atoms with E-state index in [1.54, 1.807) is 17.0 Å². The van der Waals surface area contributed by atoms with E-state index in [0.717, 1.165) is 25.7 Å². The van der Waals surface area contributed by atoms with Gasteiger partial charge in [-0.25, -0.2) is 4.68 Å². The molecule has 2 aromatic heterocycles. The number of fused-ring (bicyclic) bond motifs is 1. The lowest BCUT2D eigenvalue weighted by Crippen LogP contribution is -2.53. The summed E-state index contributed by atoms with van der Waals surface area (Å²) in [4.78, 5) is 39.6. The van der Waals surface area contributed by atoms with Crippen LogP contribution in [0.25, 0.3) is 0 Å². The van der Waals surface area contributed by atoms with Crippen molar-refractivity contribution in [1.82, 2.24) is 19.2 Å². The van der Waals surface area contributed by atoms with Gasteiger partial charge in [0.2, 0.25) is 0 Å². The number of rotatable bonds is 2. The Morgan fingerprint density at radius 2 is 2.00 bits per heavy atom. The molecule has 0 radical (unpaired) electrons. The van der Waals surface area contributed by atoms with E-state index in [0.29, 0.717) is 25.3 Å². The van der Waals surface area contributed by atoms with Gasteiger partial charge >= 0.3 is 11.1 Å². The van der Waals surface area contributed by atoms with Crippen LogP contribution < -0.4 is 11.1 Å². The summed E-state index contributed by atoms with van der Waals surface area (Å²) in [7, 11) is 0. The van der Waals surface area contributed by atoms with Crippen LogP contribution in [0, 0.1) is 0 Å². The highest BCUT2D eigenvalue weighted by Crippen LogP contribution is 2.32. The lowest BCUT2D eigenvalue weighted by atomic mass is 10.0. The zero-order chi connectivity index (χ0) is 19.3. The molecule has 148 valence electrons. The molecule has 9 nitrogen and oxygen atoms in total. The molecule has 3 aliphatic rings. The molecule has 2 fully saturated rings. The number of carbonyl (C=O) groups excluding carboxylic acids is 1. The molecule has 5 rings (SSSR count). The number of aromatic nitrogens is 3. The van der Waals surface area contributed by atoms with Gasteiger partial charge in [-0.3, -0.25) is 19.0 Å². The summed E-state index contributed by atoms with van der Waals surface area (Å²) >= 11 is 0. The Kier molecular flexibility index (Phi) is 4.01. The monoisotopic (exact) mass is 386 g/mol. The van der Waals surface area contributed by atoms with Crippen LogP contribution in [0.2, 0.25) is 0 Å². The largest absolute Gasteiger partial charge is 0.459 e. The fraction of sp³-hybridized carbons (Fsp3) is 0.579. The molecule has 1 saturated carbocycles. The summed E-state index contributed by atoms with van der Waals surface area (Å²) in [5.74, 6) is 0.572. The second-order valence-corrected chi connectivity index (χ2v) is 7.92. The summed E-state index contributed by atoms with van der Waals surface area (Å²) in [6.45, 7) is 1.25. The molecule has 1 saturated heterocycles. The molecular weight excluding hydrogens is 364 g/mol. The van der Waals surface area contributed by atoms with Gasteiger partial charge in [0, 0.05) is 6.54 Å². The van der Waals surface area contributed by atoms with Crippen molar-refractivity contribution in [3.05, 3.63) is 50.7 Å². The van der Waals surface area contributed by atoms with Gasteiger partial charge in [0.15, 0.2) is 11.6 Å². The Morgan fingerprint density at radius 3 is 2.75 bits per heavy atom. The van der Waals surface area contributed by atoms with Crippen LogP contribution in [0.3, 0.4) is 0 Å². The van der Waals surface area contributed by atoms with Crippen LogP contribution in [-0.4, -0.2) is 43.8 Å². The third kappa shape index (κ3) is 2.72. The molecule has 0 aromatic carbocycles. The Labute approximate surface area is 160 Å². The molecule has 9 heteroatoms. The number of hydrogen-bond acceptors (Lipinski definition) is 6. The average molecular weight is 386 g/mol. The second kappa shape index (κ2) is 6.44. The number of nitrogens with zero attached hydrogens (tertiary/aromatic N) is 4. The fourth-order valence-electron chi connectivity index (χ4n) is 4.59. The summed E-state index contributed by atoms with van der Waals surface area (Å²) < 4.78 is 14.1. The fourth-order valence-corrected chi connectivity index (χ4v) is 4.59. The summed E-state index contributed by atoms with van der Waals surface area (Å²) in [5, 5.41) is 4.45. The van der Waals surface area contributed by atoms with Crippen LogP contribution in [-0.2, 0) is 17.9 Å². The quantitative estimate of drug-likeness (QED) is 0.712. The van der Waals surface area contributed by atoms with E-state index in [1.165, 1.54) is 15.5 Å². The first kappa shape index (κ1) is 17.4. The highest BCUT2D eigenvalue weighted by Gasteiger charge is 2.45. The molecule has 2 aliphatic heterocycles. The average Bonchev–Trinajstić information content (AvgIpc) is 3.47. The van der Waals surface area contributed by atoms with E-state index in [1.807, 2.05) is 0 Å². The third-order valence-corrected chi connectivity index (χ3v) is 6.13.